The standard InChI is InChI=1S/C25H23ClN4O4/c26-12-20(31)30-9-7-14(8-10-30)13-27-24(33)15-5-6-19-17(11-15)23(32)22(28-19)21-16-3-1-2-4-18(16)29-25(21)34/h1-6,11,14,29,34H,7-10,12-13H2,(H,27,33). The number of ketones is 1. The number of aromatic amines is 1. The highest BCUT2D eigenvalue weighted by Gasteiger charge is 2.31. The van der Waals surface area contributed by atoms with E-state index in [1.54, 1.807) is 23.1 Å². The van der Waals surface area contributed by atoms with Crippen LogP contribution in [0.5, 0.6) is 5.88 Å². The Bertz CT molecular complexity index is 1340. The number of nitrogens with one attached hydrogen (secondary N) is 2. The van der Waals surface area contributed by atoms with E-state index < -0.39 is 0 Å². The third-order valence-electron chi connectivity index (χ3n) is 6.51. The Kier molecular flexibility index (Phi) is 5.83. The van der Waals surface area contributed by atoms with Gasteiger partial charge in [-0.25, -0.2) is 4.99 Å². The van der Waals surface area contributed by atoms with E-state index in [1.165, 1.54) is 0 Å². The van der Waals surface area contributed by atoms with Crippen LogP contribution in [0, 0.1) is 5.92 Å². The summed E-state index contributed by atoms with van der Waals surface area (Å²) in [6, 6.07) is 12.1. The fourth-order valence-electron chi connectivity index (χ4n) is 4.60. The number of fused-ring (bicyclic) bond motifs is 2. The van der Waals surface area contributed by atoms with Gasteiger partial charge in [-0.2, -0.15) is 0 Å². The zero-order valence-corrected chi connectivity index (χ0v) is 19.1. The van der Waals surface area contributed by atoms with E-state index in [-0.39, 0.29) is 41.0 Å². The maximum absolute atomic E-state index is 13.2. The molecular weight excluding hydrogens is 456 g/mol. The summed E-state index contributed by atoms with van der Waals surface area (Å²) in [6.07, 6.45) is 1.60. The summed E-state index contributed by atoms with van der Waals surface area (Å²) in [7, 11) is 0. The van der Waals surface area contributed by atoms with Crippen molar-refractivity contribution in [3.8, 4) is 5.88 Å². The zero-order valence-electron chi connectivity index (χ0n) is 18.3. The molecule has 3 heterocycles. The van der Waals surface area contributed by atoms with E-state index >= 15 is 0 Å². The lowest BCUT2D eigenvalue weighted by Gasteiger charge is -2.31. The van der Waals surface area contributed by atoms with Crippen molar-refractivity contribution in [2.75, 3.05) is 25.5 Å². The fraction of sp³-hybridized carbons (Fsp3) is 0.280. The molecule has 2 aliphatic rings. The molecule has 0 radical (unpaired) electrons. The Hall–Kier alpha value is -3.65. The summed E-state index contributed by atoms with van der Waals surface area (Å²) in [5.74, 6) is -0.505. The molecule has 174 valence electrons. The van der Waals surface area contributed by atoms with Crippen molar-refractivity contribution in [1.82, 2.24) is 15.2 Å². The number of carbonyl (C=O) groups is 3. The quantitative estimate of drug-likeness (QED) is 0.487. The van der Waals surface area contributed by atoms with Gasteiger partial charge in [0.15, 0.2) is 5.88 Å². The molecule has 2 aromatic carbocycles. The lowest BCUT2D eigenvalue weighted by molar-refractivity contribution is -0.129. The molecule has 0 unspecified atom stereocenters. The van der Waals surface area contributed by atoms with Gasteiger partial charge < -0.3 is 20.3 Å². The molecule has 0 bridgehead atoms. The first-order chi connectivity index (χ1) is 16.5. The van der Waals surface area contributed by atoms with Crippen LogP contribution in [0.25, 0.3) is 10.9 Å². The fourth-order valence-corrected chi connectivity index (χ4v) is 4.77. The molecule has 3 aromatic rings. The van der Waals surface area contributed by atoms with Crippen LogP contribution >= 0.6 is 11.6 Å². The summed E-state index contributed by atoms with van der Waals surface area (Å²) >= 11 is 5.62. The third-order valence-corrected chi connectivity index (χ3v) is 6.74. The van der Waals surface area contributed by atoms with Crippen LogP contribution < -0.4 is 5.32 Å². The smallest absolute Gasteiger partial charge is 0.251 e. The first-order valence-corrected chi connectivity index (χ1v) is 11.7. The second-order valence-corrected chi connectivity index (χ2v) is 8.85. The largest absolute Gasteiger partial charge is 0.494 e. The van der Waals surface area contributed by atoms with Gasteiger partial charge in [-0.05, 0) is 43.0 Å². The molecule has 0 saturated carbocycles. The number of aromatic hydroxyl groups is 1. The lowest BCUT2D eigenvalue weighted by Crippen LogP contribution is -2.42. The van der Waals surface area contributed by atoms with E-state index in [1.807, 2.05) is 24.3 Å². The monoisotopic (exact) mass is 478 g/mol. The highest BCUT2D eigenvalue weighted by atomic mass is 35.5. The van der Waals surface area contributed by atoms with Crippen molar-refractivity contribution in [3.05, 3.63) is 59.2 Å². The molecule has 2 amide bonds. The van der Waals surface area contributed by atoms with Gasteiger partial charge in [-0.1, -0.05) is 18.2 Å². The van der Waals surface area contributed by atoms with Crippen LogP contribution in [0.2, 0.25) is 0 Å². The zero-order chi connectivity index (χ0) is 23.8. The number of H-pyrrole nitrogens is 1. The predicted molar refractivity (Wildman–Crippen MR) is 129 cm³/mol. The molecule has 1 saturated heterocycles. The van der Waals surface area contributed by atoms with E-state index in [0.29, 0.717) is 52.9 Å². The van der Waals surface area contributed by atoms with Crippen molar-refractivity contribution in [2.24, 2.45) is 10.9 Å². The first-order valence-electron chi connectivity index (χ1n) is 11.2. The van der Waals surface area contributed by atoms with Crippen LogP contribution in [0.15, 0.2) is 47.5 Å². The van der Waals surface area contributed by atoms with Gasteiger partial charge in [-0.15, -0.1) is 11.6 Å². The predicted octanol–water partition coefficient (Wildman–Crippen LogP) is 3.40. The molecule has 5 rings (SSSR count). The number of benzene rings is 2. The number of Topliss-reactive ketones (excluding diaryl/α,β-unsaturated/α-hetero) is 1. The number of hydrogen-bond donors (Lipinski definition) is 3. The van der Waals surface area contributed by atoms with Gasteiger partial charge in [0, 0.05) is 36.1 Å². The van der Waals surface area contributed by atoms with Crippen molar-refractivity contribution < 1.29 is 19.5 Å². The molecule has 3 N–H and O–H groups in total. The number of carbonyl (C=O) groups excluding carboxylic acids is 3. The van der Waals surface area contributed by atoms with Crippen LogP contribution in [-0.4, -0.2) is 63.8 Å². The highest BCUT2D eigenvalue weighted by molar-refractivity contribution is 6.56. The third kappa shape index (κ3) is 3.94. The van der Waals surface area contributed by atoms with Crippen LogP contribution in [0.4, 0.5) is 5.69 Å². The normalized spacial score (nSPS) is 16.0. The lowest BCUT2D eigenvalue weighted by atomic mass is 9.96. The number of aliphatic imine (C=N–C) groups is 1. The molecular formula is C25H23ClN4O4. The van der Waals surface area contributed by atoms with Crippen LogP contribution in [0.3, 0.4) is 0 Å². The minimum absolute atomic E-state index is 0.0101. The van der Waals surface area contributed by atoms with Crippen molar-refractivity contribution in [3.63, 3.8) is 0 Å². The Morgan fingerprint density at radius 3 is 2.71 bits per heavy atom. The number of nitrogens with zero attached hydrogens (tertiary/aromatic N) is 2. The average Bonchev–Trinajstić information content (AvgIpc) is 3.37. The molecule has 8 nitrogen and oxygen atoms in total. The number of aromatic nitrogens is 1. The van der Waals surface area contributed by atoms with Crippen LogP contribution in [0.1, 0.15) is 39.1 Å². The van der Waals surface area contributed by atoms with Gasteiger partial charge in [0.1, 0.15) is 11.6 Å². The Balaban J connectivity index is 1.27. The summed E-state index contributed by atoms with van der Waals surface area (Å²) < 4.78 is 0. The van der Waals surface area contributed by atoms with E-state index in [4.69, 9.17) is 11.6 Å². The number of piperidine rings is 1. The maximum Gasteiger partial charge on any atom is 0.251 e. The van der Waals surface area contributed by atoms with Gasteiger partial charge in [0.2, 0.25) is 11.7 Å². The van der Waals surface area contributed by atoms with Gasteiger partial charge in [0.05, 0.1) is 16.8 Å². The molecule has 0 atom stereocenters. The second-order valence-electron chi connectivity index (χ2n) is 8.58. The SMILES string of the molecule is O=C(NCC1CCN(C(=O)CCl)CC1)c1ccc2c(c1)C(=O)C(c1c(O)[nH]c3ccccc13)=N2. The molecule has 1 fully saturated rings. The van der Waals surface area contributed by atoms with E-state index in [0.717, 1.165) is 12.8 Å². The highest BCUT2D eigenvalue weighted by Crippen LogP contribution is 2.35. The van der Waals surface area contributed by atoms with Gasteiger partial charge in [0.25, 0.3) is 5.91 Å². The Morgan fingerprint density at radius 1 is 1.18 bits per heavy atom. The second kappa shape index (κ2) is 8.95. The van der Waals surface area contributed by atoms with E-state index in [9.17, 15) is 19.5 Å². The summed E-state index contributed by atoms with van der Waals surface area (Å²) in [5, 5.41) is 14.1. The number of para-hydroxylation sites is 1. The summed E-state index contributed by atoms with van der Waals surface area (Å²) in [5.41, 5.74) is 2.40. The number of hydrogen-bond acceptors (Lipinski definition) is 5. The van der Waals surface area contributed by atoms with Crippen molar-refractivity contribution in [2.45, 2.75) is 12.8 Å². The summed E-state index contributed by atoms with van der Waals surface area (Å²) in [6.45, 7) is 1.78. The van der Waals surface area contributed by atoms with E-state index in [2.05, 4.69) is 15.3 Å². The van der Waals surface area contributed by atoms with Gasteiger partial charge >= 0.3 is 0 Å². The summed E-state index contributed by atoms with van der Waals surface area (Å²) in [4.78, 5) is 46.7. The Labute approximate surface area is 200 Å². The maximum atomic E-state index is 13.2. The molecule has 34 heavy (non-hydrogen) atoms. The van der Waals surface area contributed by atoms with Crippen LogP contribution in [-0.2, 0) is 4.79 Å². The molecule has 2 aliphatic heterocycles. The molecule has 9 heteroatoms. The van der Waals surface area contributed by atoms with Crippen molar-refractivity contribution in [1.29, 1.82) is 0 Å². The molecule has 0 aliphatic carbocycles. The van der Waals surface area contributed by atoms with Crippen molar-refractivity contribution >= 4 is 51.5 Å². The Morgan fingerprint density at radius 2 is 1.94 bits per heavy atom. The number of halogens is 1. The number of alkyl halides is 1. The number of amides is 2. The number of rotatable bonds is 5. The molecule has 0 spiro atoms. The molecule has 1 aromatic heterocycles. The minimum atomic E-state index is -0.332. The minimum Gasteiger partial charge on any atom is -0.494 e. The first kappa shape index (κ1) is 22.2. The number of likely N-dealkylation sites (tertiary alicyclic amines) is 1. The van der Waals surface area contributed by atoms with Gasteiger partial charge in [-0.3, -0.25) is 14.4 Å². The average molecular weight is 479 g/mol. The topological polar surface area (TPSA) is 115 Å².